The van der Waals surface area contributed by atoms with Gasteiger partial charge in [-0.05, 0) is 25.0 Å². The summed E-state index contributed by atoms with van der Waals surface area (Å²) < 4.78 is 4.64. The van der Waals surface area contributed by atoms with E-state index in [4.69, 9.17) is 5.73 Å². The summed E-state index contributed by atoms with van der Waals surface area (Å²) in [5, 5.41) is 0.234. The maximum Gasteiger partial charge on any atom is 0.305 e. The van der Waals surface area contributed by atoms with Crippen molar-refractivity contribution in [1.29, 1.82) is 0 Å². The highest BCUT2D eigenvalue weighted by molar-refractivity contribution is 7.99. The lowest BCUT2D eigenvalue weighted by Crippen LogP contribution is -2.14. The molecule has 0 aliphatic rings. The molecule has 0 bridgehead atoms. The highest BCUT2D eigenvalue weighted by Gasteiger charge is 2.00. The third-order valence-corrected chi connectivity index (χ3v) is 5.56. The van der Waals surface area contributed by atoms with Gasteiger partial charge in [-0.3, -0.25) is 4.79 Å². The molecule has 1 radical (unpaired) electrons. The first-order valence-corrected chi connectivity index (χ1v) is 11.0. The average molecular weight is 359 g/mol. The van der Waals surface area contributed by atoms with Crippen LogP contribution in [0.4, 0.5) is 0 Å². The molecule has 0 rings (SSSR count). The van der Waals surface area contributed by atoms with Crippen molar-refractivity contribution in [3.63, 3.8) is 0 Å². The average Bonchev–Trinajstić information content (AvgIpc) is 2.60. The summed E-state index contributed by atoms with van der Waals surface area (Å²) in [6.45, 7) is 3.82. The molecule has 3 nitrogen and oxygen atoms in total. The number of carbonyl (C=O) groups excluding carboxylic acids is 1. The Balaban J connectivity index is 3.04. The zero-order valence-corrected chi connectivity index (χ0v) is 16.7. The lowest BCUT2D eigenvalue weighted by atomic mass is 10.0. The second kappa shape index (κ2) is 19.1. The van der Waals surface area contributed by atoms with Crippen molar-refractivity contribution < 1.29 is 9.53 Å². The molecule has 0 aliphatic carbocycles. The molecule has 0 saturated heterocycles. The van der Waals surface area contributed by atoms with Crippen LogP contribution < -0.4 is 5.73 Å². The van der Waals surface area contributed by atoms with E-state index in [1.807, 2.05) is 11.8 Å². The molecule has 1 unspecified atom stereocenters. The van der Waals surface area contributed by atoms with E-state index in [1.165, 1.54) is 83.5 Å². The van der Waals surface area contributed by atoms with Crippen LogP contribution in [-0.2, 0) is 9.53 Å². The fraction of sp³-hybridized carbons (Fsp3) is 0.900. The Morgan fingerprint density at radius 2 is 1.29 bits per heavy atom. The van der Waals surface area contributed by atoms with Crippen molar-refractivity contribution in [1.82, 2.24) is 0 Å². The molecular weight excluding hydrogens is 318 g/mol. The second-order valence-electron chi connectivity index (χ2n) is 6.62. The van der Waals surface area contributed by atoms with Crippen LogP contribution in [0.15, 0.2) is 0 Å². The predicted octanol–water partition coefficient (Wildman–Crippen LogP) is 5.86. The summed E-state index contributed by atoms with van der Waals surface area (Å²) >= 11 is 1.86. The minimum absolute atomic E-state index is 0.0735. The van der Waals surface area contributed by atoms with E-state index in [-0.39, 0.29) is 11.3 Å². The molecule has 0 aromatic rings. The van der Waals surface area contributed by atoms with Gasteiger partial charge in [0.05, 0.1) is 12.5 Å². The van der Waals surface area contributed by atoms with Gasteiger partial charge in [-0.1, -0.05) is 77.6 Å². The highest BCUT2D eigenvalue weighted by Crippen LogP contribution is 2.15. The van der Waals surface area contributed by atoms with E-state index in [2.05, 4.69) is 11.7 Å². The molecule has 0 aliphatic heterocycles. The van der Waals surface area contributed by atoms with Gasteiger partial charge in [0.2, 0.25) is 0 Å². The Morgan fingerprint density at radius 1 is 0.875 bits per heavy atom. The number of hydrogen-bond donors (Lipinski definition) is 1. The third-order valence-electron chi connectivity index (χ3n) is 4.37. The zero-order chi connectivity index (χ0) is 17.9. The summed E-state index contributed by atoms with van der Waals surface area (Å²) in [4.78, 5) is 11.0. The number of methoxy groups -OCH3 is 1. The standard InChI is InChI=1S/C20H40NO2S/c1-3-19(21)24-18-16-14-12-10-8-6-4-5-7-9-11-13-15-17-20(22)23-2/h19H,1,3-18,21H2,2H3. The van der Waals surface area contributed by atoms with Gasteiger partial charge >= 0.3 is 5.97 Å². The van der Waals surface area contributed by atoms with Gasteiger partial charge in [0.15, 0.2) is 0 Å². The smallest absolute Gasteiger partial charge is 0.305 e. The second-order valence-corrected chi connectivity index (χ2v) is 7.97. The first-order valence-electron chi connectivity index (χ1n) is 9.94. The quantitative estimate of drug-likeness (QED) is 0.189. The lowest BCUT2D eigenvalue weighted by Gasteiger charge is -2.07. The monoisotopic (exact) mass is 358 g/mol. The fourth-order valence-electron chi connectivity index (χ4n) is 2.74. The van der Waals surface area contributed by atoms with Gasteiger partial charge in [-0.2, -0.15) is 0 Å². The first-order chi connectivity index (χ1) is 11.7. The van der Waals surface area contributed by atoms with Crippen molar-refractivity contribution in [2.45, 2.75) is 102 Å². The van der Waals surface area contributed by atoms with Gasteiger partial charge in [0.1, 0.15) is 0 Å². The van der Waals surface area contributed by atoms with Crippen molar-refractivity contribution in [3.05, 3.63) is 6.92 Å². The van der Waals surface area contributed by atoms with Gasteiger partial charge in [0.25, 0.3) is 0 Å². The molecular formula is C20H40NO2S. The van der Waals surface area contributed by atoms with Crippen LogP contribution in [0.5, 0.6) is 0 Å². The Labute approximate surface area is 154 Å². The molecule has 0 heterocycles. The molecule has 0 amide bonds. The molecule has 0 aromatic heterocycles. The molecule has 0 aromatic carbocycles. The van der Waals surface area contributed by atoms with Crippen molar-refractivity contribution >= 4 is 17.7 Å². The van der Waals surface area contributed by atoms with E-state index in [9.17, 15) is 4.79 Å². The van der Waals surface area contributed by atoms with Crippen LogP contribution in [-0.4, -0.2) is 24.2 Å². The zero-order valence-electron chi connectivity index (χ0n) is 15.9. The van der Waals surface area contributed by atoms with Crippen molar-refractivity contribution in [3.8, 4) is 0 Å². The number of rotatable bonds is 18. The Morgan fingerprint density at radius 3 is 1.71 bits per heavy atom. The minimum Gasteiger partial charge on any atom is -0.469 e. The number of unbranched alkanes of at least 4 members (excludes halogenated alkanes) is 12. The van der Waals surface area contributed by atoms with Crippen LogP contribution >= 0.6 is 11.8 Å². The summed E-state index contributed by atoms with van der Waals surface area (Å²) in [6.07, 6.45) is 18.4. The fourth-order valence-corrected chi connectivity index (χ4v) is 3.58. The molecule has 0 spiro atoms. The third kappa shape index (κ3) is 18.1. The number of carbonyl (C=O) groups is 1. The maximum atomic E-state index is 11.0. The molecule has 4 heteroatoms. The van der Waals surface area contributed by atoms with Gasteiger partial charge in [0, 0.05) is 6.42 Å². The number of ether oxygens (including phenoxy) is 1. The Kier molecular flexibility index (Phi) is 18.9. The normalized spacial score (nSPS) is 12.3. The number of thioether (sulfide) groups is 1. The Hall–Kier alpha value is -0.220. The summed E-state index contributed by atoms with van der Waals surface area (Å²) in [5.41, 5.74) is 5.83. The number of hydrogen-bond acceptors (Lipinski definition) is 4. The molecule has 0 fully saturated rings. The lowest BCUT2D eigenvalue weighted by molar-refractivity contribution is -0.140. The van der Waals surface area contributed by atoms with Crippen LogP contribution in [0, 0.1) is 6.92 Å². The van der Waals surface area contributed by atoms with Gasteiger partial charge < -0.3 is 10.5 Å². The van der Waals surface area contributed by atoms with Crippen LogP contribution in [0.3, 0.4) is 0 Å². The SMILES string of the molecule is [CH2]CC(N)SCCCCCCCCCCCCCCCC(=O)OC. The minimum atomic E-state index is -0.0735. The van der Waals surface area contributed by atoms with E-state index in [0.29, 0.717) is 6.42 Å². The van der Waals surface area contributed by atoms with Crippen LogP contribution in [0.25, 0.3) is 0 Å². The van der Waals surface area contributed by atoms with E-state index in [1.54, 1.807) is 0 Å². The van der Waals surface area contributed by atoms with Crippen molar-refractivity contribution in [2.75, 3.05) is 12.9 Å². The summed E-state index contributed by atoms with van der Waals surface area (Å²) in [6, 6.07) is 0. The highest BCUT2D eigenvalue weighted by atomic mass is 32.2. The molecule has 2 N–H and O–H groups in total. The first kappa shape index (κ1) is 23.8. The van der Waals surface area contributed by atoms with Crippen LogP contribution in [0.1, 0.15) is 96.3 Å². The van der Waals surface area contributed by atoms with Gasteiger partial charge in [-0.25, -0.2) is 0 Å². The molecule has 143 valence electrons. The topological polar surface area (TPSA) is 52.3 Å². The van der Waals surface area contributed by atoms with E-state index in [0.717, 1.165) is 19.3 Å². The van der Waals surface area contributed by atoms with E-state index < -0.39 is 0 Å². The van der Waals surface area contributed by atoms with Gasteiger partial charge in [-0.15, -0.1) is 11.8 Å². The molecule has 0 saturated carbocycles. The van der Waals surface area contributed by atoms with E-state index >= 15 is 0 Å². The number of nitrogens with two attached hydrogens (primary N) is 1. The largest absolute Gasteiger partial charge is 0.469 e. The van der Waals surface area contributed by atoms with Crippen LogP contribution in [0.2, 0.25) is 0 Å². The number of esters is 1. The Bertz CT molecular complexity index is 274. The summed E-state index contributed by atoms with van der Waals surface area (Å²) in [5.74, 6) is 1.12. The predicted molar refractivity (Wildman–Crippen MR) is 107 cm³/mol. The van der Waals surface area contributed by atoms with Crippen molar-refractivity contribution in [2.24, 2.45) is 5.73 Å². The molecule has 24 heavy (non-hydrogen) atoms. The maximum absolute atomic E-state index is 11.0. The summed E-state index contributed by atoms with van der Waals surface area (Å²) in [7, 11) is 1.46. The molecule has 1 atom stereocenters.